The Kier molecular flexibility index (Phi) is 7.78. The second-order valence-corrected chi connectivity index (χ2v) is 12.5. The molecule has 0 aromatic heterocycles. The molecule has 1 aliphatic heterocycles. The highest BCUT2D eigenvalue weighted by molar-refractivity contribution is 5.86. The standard InChI is InChI=1S/C30H49NO2/c1-6-25-20-30(33-31-25)18-16-26(32)19-24(30)13-12-23-11-8-17-29(5)27(14-15-28(23)29)22(4)10-7-9-21(2)3/h12-13,21-22,26-28,32H,6-11,14-20H2,1-5H3/b23-12+,24-13-/t22-,26+,27-,28+,29-,30-/m1/s1. The fraction of sp³-hybridized carbons (Fsp3) is 0.833. The number of nitrogens with zero attached hydrogens (tertiary/aromatic N) is 1. The fourth-order valence-corrected chi connectivity index (χ4v) is 7.84. The number of fused-ring (bicyclic) bond motifs is 1. The van der Waals surface area contributed by atoms with Gasteiger partial charge in [0.2, 0.25) is 0 Å². The van der Waals surface area contributed by atoms with Crippen LogP contribution in [0.25, 0.3) is 0 Å². The van der Waals surface area contributed by atoms with E-state index in [1.165, 1.54) is 62.7 Å². The molecule has 0 amide bonds. The Labute approximate surface area is 203 Å². The van der Waals surface area contributed by atoms with Gasteiger partial charge in [-0.3, -0.25) is 0 Å². The number of hydrogen-bond acceptors (Lipinski definition) is 3. The number of aliphatic hydroxyl groups excluding tert-OH is 1. The Hall–Kier alpha value is -1.09. The van der Waals surface area contributed by atoms with Crippen molar-refractivity contribution in [3.63, 3.8) is 0 Å². The third kappa shape index (κ3) is 5.14. The van der Waals surface area contributed by atoms with Crippen molar-refractivity contribution in [2.24, 2.45) is 34.2 Å². The van der Waals surface area contributed by atoms with Gasteiger partial charge in [0.15, 0.2) is 5.60 Å². The third-order valence-corrected chi connectivity index (χ3v) is 9.83. The van der Waals surface area contributed by atoms with Crippen LogP contribution < -0.4 is 0 Å². The largest absolute Gasteiger partial charge is 0.393 e. The summed E-state index contributed by atoms with van der Waals surface area (Å²) in [7, 11) is 0. The average molecular weight is 456 g/mol. The number of aliphatic hydroxyl groups is 1. The van der Waals surface area contributed by atoms with Crippen LogP contribution >= 0.6 is 0 Å². The van der Waals surface area contributed by atoms with Crippen molar-refractivity contribution < 1.29 is 9.94 Å². The normalized spacial score (nSPS) is 39.8. The highest BCUT2D eigenvalue weighted by Gasteiger charge is 2.50. The molecule has 4 rings (SSSR count). The van der Waals surface area contributed by atoms with Crippen molar-refractivity contribution in [2.75, 3.05) is 0 Å². The molecule has 0 unspecified atom stereocenters. The molecule has 3 aliphatic carbocycles. The third-order valence-electron chi connectivity index (χ3n) is 9.83. The van der Waals surface area contributed by atoms with Crippen LogP contribution in [-0.2, 0) is 4.84 Å². The van der Waals surface area contributed by atoms with Gasteiger partial charge in [-0.2, -0.15) is 0 Å². The maximum atomic E-state index is 10.4. The lowest BCUT2D eigenvalue weighted by Crippen LogP contribution is -2.38. The Bertz CT molecular complexity index is 780. The summed E-state index contributed by atoms with van der Waals surface area (Å²) in [5.74, 6) is 3.26. The first-order valence-corrected chi connectivity index (χ1v) is 14.1. The molecule has 3 saturated carbocycles. The molecule has 3 heteroatoms. The summed E-state index contributed by atoms with van der Waals surface area (Å²) in [5.41, 5.74) is 4.28. The lowest BCUT2D eigenvalue weighted by Gasteiger charge is -2.44. The smallest absolute Gasteiger partial charge is 0.164 e. The van der Waals surface area contributed by atoms with E-state index in [-0.39, 0.29) is 11.7 Å². The van der Waals surface area contributed by atoms with E-state index < -0.39 is 0 Å². The highest BCUT2D eigenvalue weighted by Crippen LogP contribution is 2.60. The van der Waals surface area contributed by atoms with Crippen molar-refractivity contribution in [1.29, 1.82) is 0 Å². The van der Waals surface area contributed by atoms with Crippen molar-refractivity contribution in [2.45, 2.75) is 130 Å². The first-order valence-electron chi connectivity index (χ1n) is 14.1. The second kappa shape index (κ2) is 10.3. The molecule has 3 nitrogen and oxygen atoms in total. The van der Waals surface area contributed by atoms with Crippen LogP contribution in [0.3, 0.4) is 0 Å². The minimum absolute atomic E-state index is 0.242. The van der Waals surface area contributed by atoms with Gasteiger partial charge >= 0.3 is 0 Å². The van der Waals surface area contributed by atoms with E-state index >= 15 is 0 Å². The van der Waals surface area contributed by atoms with E-state index in [9.17, 15) is 5.11 Å². The minimum Gasteiger partial charge on any atom is -0.393 e. The zero-order valence-electron chi connectivity index (χ0n) is 22.0. The van der Waals surface area contributed by atoms with E-state index in [4.69, 9.17) is 4.84 Å². The Balaban J connectivity index is 1.50. The molecule has 0 saturated heterocycles. The van der Waals surface area contributed by atoms with Crippen LogP contribution in [0.15, 0.2) is 28.5 Å². The number of rotatable bonds is 7. The number of oxime groups is 1. The summed E-state index contributed by atoms with van der Waals surface area (Å²) in [6.45, 7) is 12.0. The van der Waals surface area contributed by atoms with E-state index in [1.54, 1.807) is 5.57 Å². The van der Waals surface area contributed by atoms with Crippen LogP contribution in [0, 0.1) is 29.1 Å². The van der Waals surface area contributed by atoms with Gasteiger partial charge in [-0.15, -0.1) is 0 Å². The maximum absolute atomic E-state index is 10.4. The van der Waals surface area contributed by atoms with E-state index in [1.807, 2.05) is 0 Å². The van der Waals surface area contributed by atoms with Gasteiger partial charge in [0, 0.05) is 6.42 Å². The van der Waals surface area contributed by atoms with E-state index in [0.29, 0.717) is 5.41 Å². The summed E-state index contributed by atoms with van der Waals surface area (Å²) in [5, 5.41) is 14.8. The van der Waals surface area contributed by atoms with Crippen LogP contribution in [0.2, 0.25) is 0 Å². The first kappa shape index (κ1) is 25.0. The zero-order chi connectivity index (χ0) is 23.6. The van der Waals surface area contributed by atoms with E-state index in [2.05, 4.69) is 51.9 Å². The molecule has 3 fully saturated rings. The molecule has 186 valence electrons. The van der Waals surface area contributed by atoms with Gasteiger partial charge in [0.25, 0.3) is 0 Å². The molecule has 33 heavy (non-hydrogen) atoms. The fourth-order valence-electron chi connectivity index (χ4n) is 7.84. The van der Waals surface area contributed by atoms with Crippen molar-refractivity contribution in [3.05, 3.63) is 23.3 Å². The number of hydrogen-bond donors (Lipinski definition) is 1. The molecule has 1 N–H and O–H groups in total. The Morgan fingerprint density at radius 1 is 1.12 bits per heavy atom. The molecule has 0 aromatic rings. The molecular weight excluding hydrogens is 406 g/mol. The maximum Gasteiger partial charge on any atom is 0.164 e. The molecule has 4 aliphatic rings. The molecule has 6 atom stereocenters. The summed E-state index contributed by atoms with van der Waals surface area (Å²) in [4.78, 5) is 6.07. The lowest BCUT2D eigenvalue weighted by molar-refractivity contribution is -0.0282. The highest BCUT2D eigenvalue weighted by atomic mass is 16.7. The molecule has 0 aromatic carbocycles. The quantitative estimate of drug-likeness (QED) is 0.422. The van der Waals surface area contributed by atoms with Crippen LogP contribution in [0.5, 0.6) is 0 Å². The van der Waals surface area contributed by atoms with Gasteiger partial charge in [0.1, 0.15) is 0 Å². The topological polar surface area (TPSA) is 41.8 Å². The van der Waals surface area contributed by atoms with E-state index in [0.717, 1.165) is 55.8 Å². The summed E-state index contributed by atoms with van der Waals surface area (Å²) in [6, 6.07) is 0. The summed E-state index contributed by atoms with van der Waals surface area (Å²) >= 11 is 0. The van der Waals surface area contributed by atoms with Gasteiger partial charge in [0.05, 0.1) is 11.8 Å². The first-order chi connectivity index (χ1) is 15.8. The SMILES string of the molecule is CCC1=NO[C@]2(CC[C@H](O)C/C2=C/C=C2\CCC[C@]3(C)[C@@H]([C@H](C)CCCC(C)C)CC[C@@H]23)C1. The van der Waals surface area contributed by atoms with Crippen molar-refractivity contribution >= 4 is 5.71 Å². The minimum atomic E-state index is -0.289. The number of allylic oxidation sites excluding steroid dienone is 3. The average Bonchev–Trinajstić information content (AvgIpc) is 3.36. The molecule has 1 spiro atoms. The van der Waals surface area contributed by atoms with Crippen molar-refractivity contribution in [1.82, 2.24) is 0 Å². The Morgan fingerprint density at radius 2 is 1.94 bits per heavy atom. The molecule has 0 radical (unpaired) electrons. The van der Waals surface area contributed by atoms with Crippen LogP contribution in [0.4, 0.5) is 0 Å². The predicted molar refractivity (Wildman–Crippen MR) is 138 cm³/mol. The molecule has 1 heterocycles. The Morgan fingerprint density at radius 3 is 2.67 bits per heavy atom. The monoisotopic (exact) mass is 455 g/mol. The predicted octanol–water partition coefficient (Wildman–Crippen LogP) is 7.99. The molecular formula is C30H49NO2. The van der Waals surface area contributed by atoms with Crippen LogP contribution in [0.1, 0.15) is 118 Å². The van der Waals surface area contributed by atoms with Gasteiger partial charge < -0.3 is 9.94 Å². The molecule has 0 bridgehead atoms. The van der Waals surface area contributed by atoms with Gasteiger partial charge in [-0.05, 0) is 92.4 Å². The second-order valence-electron chi connectivity index (χ2n) is 12.5. The van der Waals surface area contributed by atoms with Crippen LogP contribution in [-0.4, -0.2) is 22.5 Å². The zero-order valence-corrected chi connectivity index (χ0v) is 22.0. The summed E-state index contributed by atoms with van der Waals surface area (Å²) < 4.78 is 0. The van der Waals surface area contributed by atoms with Gasteiger partial charge in [-0.1, -0.05) is 76.8 Å². The van der Waals surface area contributed by atoms with Crippen molar-refractivity contribution in [3.8, 4) is 0 Å². The lowest BCUT2D eigenvalue weighted by atomic mass is 9.60. The summed E-state index contributed by atoms with van der Waals surface area (Å²) in [6.07, 6.45) is 19.7. The van der Waals surface area contributed by atoms with Gasteiger partial charge in [-0.25, -0.2) is 0 Å².